The van der Waals surface area contributed by atoms with Gasteiger partial charge in [-0.15, -0.1) is 11.3 Å². The molecule has 2 heterocycles. The van der Waals surface area contributed by atoms with Crippen molar-refractivity contribution in [3.8, 4) is 11.5 Å². The van der Waals surface area contributed by atoms with Gasteiger partial charge < -0.3 is 9.47 Å². The van der Waals surface area contributed by atoms with E-state index < -0.39 is 0 Å². The first-order chi connectivity index (χ1) is 10.2. The number of amides is 1. The van der Waals surface area contributed by atoms with Crippen LogP contribution in [0, 0.1) is 0 Å². The quantitative estimate of drug-likeness (QED) is 0.698. The number of hydrazone groups is 1. The largest absolute Gasteiger partial charge is 0.486 e. The van der Waals surface area contributed by atoms with Crippen LogP contribution in [-0.2, 0) is 0 Å². The van der Waals surface area contributed by atoms with Crippen LogP contribution in [0.5, 0.6) is 11.5 Å². The van der Waals surface area contributed by atoms with Gasteiger partial charge in [-0.1, -0.05) is 17.7 Å². The summed E-state index contributed by atoms with van der Waals surface area (Å²) in [7, 11) is 0. The second-order valence-corrected chi connectivity index (χ2v) is 5.56. The van der Waals surface area contributed by atoms with Crippen LogP contribution in [0.1, 0.15) is 15.2 Å². The number of carbonyl (C=O) groups excluding carboxylic acids is 1. The Kier molecular flexibility index (Phi) is 4.08. The van der Waals surface area contributed by atoms with Gasteiger partial charge in [-0.05, 0) is 29.1 Å². The third-order valence-electron chi connectivity index (χ3n) is 2.74. The Morgan fingerprint density at radius 2 is 2.24 bits per heavy atom. The number of nitrogens with zero attached hydrogens (tertiary/aromatic N) is 1. The summed E-state index contributed by atoms with van der Waals surface area (Å²) in [6, 6.07) is 7.01. The van der Waals surface area contributed by atoms with Gasteiger partial charge in [0.05, 0.1) is 16.1 Å². The van der Waals surface area contributed by atoms with E-state index in [4.69, 9.17) is 21.1 Å². The molecule has 3 rings (SSSR count). The Morgan fingerprint density at radius 3 is 3.05 bits per heavy atom. The second kappa shape index (κ2) is 6.15. The number of halogens is 1. The van der Waals surface area contributed by atoms with Crippen LogP contribution >= 0.6 is 22.9 Å². The molecular weight excluding hydrogens is 312 g/mol. The predicted molar refractivity (Wildman–Crippen MR) is 81.8 cm³/mol. The number of thiophene rings is 1. The summed E-state index contributed by atoms with van der Waals surface area (Å²) in [6.07, 6.45) is 1.51. The van der Waals surface area contributed by atoms with Crippen LogP contribution in [0.15, 0.2) is 34.7 Å². The Bertz CT molecular complexity index is 686. The van der Waals surface area contributed by atoms with Gasteiger partial charge in [0.1, 0.15) is 13.2 Å². The van der Waals surface area contributed by atoms with Gasteiger partial charge in [-0.3, -0.25) is 4.79 Å². The lowest BCUT2D eigenvalue weighted by atomic mass is 10.2. The molecule has 2 aromatic rings. The van der Waals surface area contributed by atoms with Crippen LogP contribution in [0.2, 0.25) is 5.02 Å². The highest BCUT2D eigenvalue weighted by atomic mass is 35.5. The Morgan fingerprint density at radius 1 is 1.38 bits per heavy atom. The second-order valence-electron chi connectivity index (χ2n) is 4.20. The highest BCUT2D eigenvalue weighted by molar-refractivity contribution is 7.12. The molecule has 0 saturated heterocycles. The van der Waals surface area contributed by atoms with Crippen molar-refractivity contribution in [2.45, 2.75) is 0 Å². The molecule has 1 aromatic heterocycles. The molecule has 0 unspecified atom stereocenters. The van der Waals surface area contributed by atoms with E-state index in [1.807, 2.05) is 11.4 Å². The smallest absolute Gasteiger partial charge is 0.281 e. The molecule has 1 aliphatic heterocycles. The minimum absolute atomic E-state index is 0.245. The lowest BCUT2D eigenvalue weighted by Gasteiger charge is -2.19. The molecule has 1 aliphatic rings. The van der Waals surface area contributed by atoms with Crippen LogP contribution in [0.4, 0.5) is 0 Å². The number of rotatable bonds is 3. The first-order valence-electron chi connectivity index (χ1n) is 6.20. The van der Waals surface area contributed by atoms with E-state index in [0.717, 1.165) is 5.56 Å². The van der Waals surface area contributed by atoms with Crippen molar-refractivity contribution in [2.24, 2.45) is 5.10 Å². The number of carbonyl (C=O) groups is 1. The number of ether oxygens (including phenoxy) is 2. The van der Waals surface area contributed by atoms with E-state index in [-0.39, 0.29) is 5.91 Å². The van der Waals surface area contributed by atoms with Gasteiger partial charge >= 0.3 is 0 Å². The zero-order chi connectivity index (χ0) is 14.7. The molecule has 0 spiro atoms. The molecule has 0 bridgehead atoms. The maximum Gasteiger partial charge on any atom is 0.281 e. The number of hydrogen-bond donors (Lipinski definition) is 1. The molecule has 21 heavy (non-hydrogen) atoms. The van der Waals surface area contributed by atoms with Crippen LogP contribution in [0.25, 0.3) is 0 Å². The summed E-state index contributed by atoms with van der Waals surface area (Å²) in [5.74, 6) is 0.882. The molecule has 0 aliphatic carbocycles. The van der Waals surface area contributed by atoms with Crippen molar-refractivity contribution < 1.29 is 14.3 Å². The maximum absolute atomic E-state index is 11.7. The van der Waals surface area contributed by atoms with Crippen LogP contribution in [0.3, 0.4) is 0 Å². The number of benzene rings is 1. The normalized spacial score (nSPS) is 13.4. The fourth-order valence-electron chi connectivity index (χ4n) is 1.83. The van der Waals surface area contributed by atoms with Crippen molar-refractivity contribution >= 4 is 35.1 Å². The summed E-state index contributed by atoms with van der Waals surface area (Å²) >= 11 is 7.47. The molecule has 1 amide bonds. The topological polar surface area (TPSA) is 59.9 Å². The molecule has 0 radical (unpaired) electrons. The third-order valence-corrected chi connectivity index (χ3v) is 3.89. The molecule has 1 aromatic carbocycles. The standard InChI is InChI=1S/C14H11ClN2O3S/c15-10-6-9(7-11-13(10)20-4-3-19-11)8-16-17-14(18)12-2-1-5-21-12/h1-2,5-8H,3-4H2,(H,17,18)/b16-8-. The molecule has 108 valence electrons. The summed E-state index contributed by atoms with van der Waals surface area (Å²) in [5.41, 5.74) is 3.18. The van der Waals surface area contributed by atoms with Gasteiger partial charge in [0.25, 0.3) is 5.91 Å². The van der Waals surface area contributed by atoms with Crippen molar-refractivity contribution in [1.82, 2.24) is 5.43 Å². The molecule has 0 fully saturated rings. The monoisotopic (exact) mass is 322 g/mol. The van der Waals surface area contributed by atoms with Gasteiger partial charge in [-0.2, -0.15) is 5.10 Å². The minimum atomic E-state index is -0.245. The summed E-state index contributed by atoms with van der Waals surface area (Å²) in [4.78, 5) is 12.3. The highest BCUT2D eigenvalue weighted by Gasteiger charge is 2.16. The van der Waals surface area contributed by atoms with Crippen molar-refractivity contribution in [3.63, 3.8) is 0 Å². The summed E-state index contributed by atoms with van der Waals surface area (Å²) in [6.45, 7) is 0.968. The van der Waals surface area contributed by atoms with Gasteiger partial charge in [0.2, 0.25) is 0 Å². The van der Waals surface area contributed by atoms with Crippen molar-refractivity contribution in [2.75, 3.05) is 13.2 Å². The van der Waals surface area contributed by atoms with E-state index in [1.165, 1.54) is 17.6 Å². The van der Waals surface area contributed by atoms with Crippen molar-refractivity contribution in [1.29, 1.82) is 0 Å². The Labute approximate surface area is 130 Å². The van der Waals surface area contributed by atoms with Gasteiger partial charge in [0, 0.05) is 0 Å². The number of fused-ring (bicyclic) bond motifs is 1. The number of hydrogen-bond acceptors (Lipinski definition) is 5. The van der Waals surface area contributed by atoms with E-state index in [1.54, 1.807) is 18.2 Å². The van der Waals surface area contributed by atoms with E-state index in [2.05, 4.69) is 10.5 Å². The lowest BCUT2D eigenvalue weighted by Crippen LogP contribution is -2.17. The Balaban J connectivity index is 1.71. The maximum atomic E-state index is 11.7. The summed E-state index contributed by atoms with van der Waals surface area (Å²) < 4.78 is 10.9. The first kappa shape index (κ1) is 13.9. The van der Waals surface area contributed by atoms with E-state index in [9.17, 15) is 4.79 Å². The highest BCUT2D eigenvalue weighted by Crippen LogP contribution is 2.37. The van der Waals surface area contributed by atoms with E-state index in [0.29, 0.717) is 34.6 Å². The van der Waals surface area contributed by atoms with Crippen LogP contribution < -0.4 is 14.9 Å². The fraction of sp³-hybridized carbons (Fsp3) is 0.143. The fourth-order valence-corrected chi connectivity index (χ4v) is 2.72. The third kappa shape index (κ3) is 3.17. The summed E-state index contributed by atoms with van der Waals surface area (Å²) in [5, 5.41) is 6.20. The average Bonchev–Trinajstić information content (AvgIpc) is 3.01. The molecule has 7 heteroatoms. The number of nitrogens with one attached hydrogen (secondary N) is 1. The van der Waals surface area contributed by atoms with Gasteiger partial charge in [0.15, 0.2) is 11.5 Å². The zero-order valence-electron chi connectivity index (χ0n) is 10.8. The molecule has 5 nitrogen and oxygen atoms in total. The first-order valence-corrected chi connectivity index (χ1v) is 7.46. The SMILES string of the molecule is O=C(N/N=C\c1cc(Cl)c2c(c1)OCCO2)c1cccs1. The molecule has 0 saturated carbocycles. The zero-order valence-corrected chi connectivity index (χ0v) is 12.4. The molecular formula is C14H11ClN2O3S. The molecule has 1 N–H and O–H groups in total. The van der Waals surface area contributed by atoms with Gasteiger partial charge in [-0.25, -0.2) is 5.43 Å². The Hall–Kier alpha value is -2.05. The average molecular weight is 323 g/mol. The predicted octanol–water partition coefficient (Wildman–Crippen LogP) is 2.94. The van der Waals surface area contributed by atoms with Crippen molar-refractivity contribution in [3.05, 3.63) is 45.1 Å². The van der Waals surface area contributed by atoms with Crippen LogP contribution in [-0.4, -0.2) is 25.3 Å². The molecule has 0 atom stereocenters. The lowest BCUT2D eigenvalue weighted by molar-refractivity contribution is 0.0959. The minimum Gasteiger partial charge on any atom is -0.486 e. The van der Waals surface area contributed by atoms with E-state index >= 15 is 0 Å².